The minimum Gasteiger partial charge on any atom is -0.497 e. The molecule has 10 nitrogen and oxygen atoms in total. The van der Waals surface area contributed by atoms with Crippen LogP contribution < -0.4 is 21.1 Å². The number of nitrogens with two attached hydrogens (primary N) is 1. The van der Waals surface area contributed by atoms with Crippen molar-refractivity contribution in [1.29, 1.82) is 0 Å². The third-order valence-electron chi connectivity index (χ3n) is 6.83. The van der Waals surface area contributed by atoms with Crippen LogP contribution in [0.25, 0.3) is 0 Å². The number of ether oxygens (including phenoxy) is 2. The first-order valence-corrected chi connectivity index (χ1v) is 14.9. The Labute approximate surface area is 255 Å². The van der Waals surface area contributed by atoms with Crippen molar-refractivity contribution in [3.05, 3.63) is 59.7 Å². The monoisotopic (exact) mass is 596 g/mol. The smallest absolute Gasteiger partial charge is 0.408 e. The highest BCUT2D eigenvalue weighted by Crippen LogP contribution is 2.28. The Morgan fingerprint density at radius 3 is 2.14 bits per heavy atom. The summed E-state index contributed by atoms with van der Waals surface area (Å²) in [6, 6.07) is 11.8. The molecule has 0 fully saturated rings. The van der Waals surface area contributed by atoms with E-state index in [1.165, 1.54) is 4.90 Å². The topological polar surface area (TPSA) is 140 Å². The van der Waals surface area contributed by atoms with E-state index in [4.69, 9.17) is 15.2 Å². The molecule has 2 unspecified atom stereocenters. The van der Waals surface area contributed by atoms with Gasteiger partial charge in [-0.25, -0.2) is 4.79 Å². The Balaban J connectivity index is 2.52. The summed E-state index contributed by atoms with van der Waals surface area (Å²) in [7, 11) is 1.56. The van der Waals surface area contributed by atoms with Crippen LogP contribution in [0.1, 0.15) is 89.8 Å². The molecule has 10 heteroatoms. The van der Waals surface area contributed by atoms with Crippen LogP contribution in [0.4, 0.5) is 10.5 Å². The number of unbranched alkanes of at least 4 members (excludes halogenated alkanes) is 5. The van der Waals surface area contributed by atoms with Gasteiger partial charge in [0.2, 0.25) is 11.8 Å². The normalized spacial score (nSPS) is 12.5. The van der Waals surface area contributed by atoms with Crippen LogP contribution in [-0.4, -0.2) is 54.0 Å². The van der Waals surface area contributed by atoms with Crippen molar-refractivity contribution in [1.82, 2.24) is 10.2 Å². The summed E-state index contributed by atoms with van der Waals surface area (Å²) < 4.78 is 10.6. The zero-order valence-electron chi connectivity index (χ0n) is 26.4. The summed E-state index contributed by atoms with van der Waals surface area (Å²) in [5, 5.41) is 5.46. The molecule has 0 saturated heterocycles. The fourth-order valence-electron chi connectivity index (χ4n) is 4.71. The van der Waals surface area contributed by atoms with E-state index in [-0.39, 0.29) is 6.54 Å². The van der Waals surface area contributed by atoms with E-state index in [0.29, 0.717) is 23.4 Å². The van der Waals surface area contributed by atoms with E-state index in [1.807, 2.05) is 25.1 Å². The zero-order chi connectivity index (χ0) is 32.0. The van der Waals surface area contributed by atoms with Gasteiger partial charge in [-0.15, -0.1) is 0 Å². The van der Waals surface area contributed by atoms with Crippen LogP contribution in [0.2, 0.25) is 0 Å². The van der Waals surface area contributed by atoms with Crippen molar-refractivity contribution in [2.75, 3.05) is 19.0 Å². The number of nitrogens with zero attached hydrogens (tertiary/aromatic N) is 1. The average molecular weight is 597 g/mol. The molecule has 0 saturated carbocycles. The molecule has 2 atom stereocenters. The number of aryl methyl sites for hydroxylation is 1. The number of amides is 4. The summed E-state index contributed by atoms with van der Waals surface area (Å²) in [5.74, 6) is -1.18. The number of hydrogen-bond donors (Lipinski definition) is 3. The molecule has 2 rings (SSSR count). The van der Waals surface area contributed by atoms with Gasteiger partial charge in [0.15, 0.2) is 0 Å². The number of carbonyl (C=O) groups is 4. The first-order chi connectivity index (χ1) is 20.4. The second-order valence-corrected chi connectivity index (χ2v) is 11.6. The molecule has 0 radical (unpaired) electrons. The maximum atomic E-state index is 14.3. The van der Waals surface area contributed by atoms with Gasteiger partial charge in [-0.05, 0) is 69.5 Å². The lowest BCUT2D eigenvalue weighted by Gasteiger charge is -2.35. The van der Waals surface area contributed by atoms with Crippen molar-refractivity contribution in [3.8, 4) is 5.75 Å². The van der Waals surface area contributed by atoms with Gasteiger partial charge in [-0.3, -0.25) is 14.4 Å². The maximum absolute atomic E-state index is 14.3. The molecule has 43 heavy (non-hydrogen) atoms. The van der Waals surface area contributed by atoms with Gasteiger partial charge in [0, 0.05) is 12.2 Å². The molecule has 0 aliphatic heterocycles. The second kappa shape index (κ2) is 17.1. The molecule has 2 aromatic carbocycles. The first-order valence-electron chi connectivity index (χ1n) is 14.9. The van der Waals surface area contributed by atoms with Gasteiger partial charge in [0.25, 0.3) is 5.91 Å². The highest BCUT2D eigenvalue weighted by atomic mass is 16.6. The Morgan fingerprint density at radius 2 is 1.56 bits per heavy atom. The quantitative estimate of drug-likeness (QED) is 0.214. The number of nitrogens with one attached hydrogen (secondary N) is 2. The van der Waals surface area contributed by atoms with Crippen molar-refractivity contribution < 1.29 is 28.7 Å². The van der Waals surface area contributed by atoms with Crippen LogP contribution in [0.15, 0.2) is 48.5 Å². The molecule has 0 bridgehead atoms. The number of anilines is 1. The number of benzene rings is 2. The lowest BCUT2D eigenvalue weighted by atomic mass is 9.97. The predicted molar refractivity (Wildman–Crippen MR) is 168 cm³/mol. The van der Waals surface area contributed by atoms with E-state index >= 15 is 0 Å². The molecule has 236 valence electrons. The number of carbonyl (C=O) groups excluding carboxylic acids is 4. The van der Waals surface area contributed by atoms with E-state index in [9.17, 15) is 19.2 Å². The third kappa shape index (κ3) is 12.0. The number of primary amides is 1. The van der Waals surface area contributed by atoms with E-state index in [1.54, 1.807) is 58.2 Å². The predicted octanol–water partition coefficient (Wildman–Crippen LogP) is 5.64. The minimum absolute atomic E-state index is 0.227. The Morgan fingerprint density at radius 1 is 0.930 bits per heavy atom. The summed E-state index contributed by atoms with van der Waals surface area (Å²) in [4.78, 5) is 54.5. The number of alkyl carbamates (subject to hydrolysis) is 1. The first kappa shape index (κ1) is 35.1. The fourth-order valence-corrected chi connectivity index (χ4v) is 4.71. The molecule has 2 aromatic rings. The van der Waals surface area contributed by atoms with Gasteiger partial charge < -0.3 is 30.7 Å². The van der Waals surface area contributed by atoms with Crippen LogP contribution in [0.3, 0.4) is 0 Å². The van der Waals surface area contributed by atoms with Gasteiger partial charge in [0.05, 0.1) is 13.5 Å². The Kier molecular flexibility index (Phi) is 14.0. The lowest BCUT2D eigenvalue weighted by Crippen LogP contribution is -2.53. The van der Waals surface area contributed by atoms with Crippen molar-refractivity contribution in [2.45, 2.75) is 97.2 Å². The van der Waals surface area contributed by atoms with Gasteiger partial charge in [-0.2, -0.15) is 0 Å². The molecule has 4 N–H and O–H groups in total. The van der Waals surface area contributed by atoms with Crippen molar-refractivity contribution in [2.24, 2.45) is 5.73 Å². The average Bonchev–Trinajstić information content (AvgIpc) is 2.93. The van der Waals surface area contributed by atoms with E-state index in [0.717, 1.165) is 37.7 Å². The van der Waals surface area contributed by atoms with Crippen LogP contribution in [-0.2, 0) is 19.1 Å². The standard InChI is InChI=1S/C33H48N4O6/c1-7-8-9-10-11-14-21-37(31(40)27(22-28(34)38)36-32(41)43-33(3,4)5)29(26-16-13-12-15-23(26)2)30(39)35-24-17-19-25(42-6)20-18-24/h12-13,15-20,27,29H,7-11,14,21-22H2,1-6H3,(H2,34,38)(H,35,39)(H,36,41). The summed E-state index contributed by atoms with van der Waals surface area (Å²) in [5.41, 5.74) is 6.64. The molecule has 4 amide bonds. The third-order valence-corrected chi connectivity index (χ3v) is 6.83. The minimum atomic E-state index is -1.33. The second-order valence-electron chi connectivity index (χ2n) is 11.6. The van der Waals surface area contributed by atoms with Crippen molar-refractivity contribution >= 4 is 29.5 Å². The maximum Gasteiger partial charge on any atom is 0.408 e. The van der Waals surface area contributed by atoms with Crippen molar-refractivity contribution in [3.63, 3.8) is 0 Å². The fraction of sp³-hybridized carbons (Fsp3) is 0.515. The highest BCUT2D eigenvalue weighted by Gasteiger charge is 2.37. The van der Waals surface area contributed by atoms with E-state index in [2.05, 4.69) is 17.6 Å². The summed E-state index contributed by atoms with van der Waals surface area (Å²) in [6.45, 7) is 9.33. The van der Waals surface area contributed by atoms with E-state index < -0.39 is 47.9 Å². The molecule has 0 heterocycles. The summed E-state index contributed by atoms with van der Waals surface area (Å²) >= 11 is 0. The van der Waals surface area contributed by atoms with Gasteiger partial charge in [-0.1, -0.05) is 63.3 Å². The Bertz CT molecular complexity index is 1210. The number of rotatable bonds is 16. The largest absolute Gasteiger partial charge is 0.497 e. The van der Waals surface area contributed by atoms with Gasteiger partial charge in [0.1, 0.15) is 23.4 Å². The van der Waals surface area contributed by atoms with Crippen LogP contribution in [0, 0.1) is 6.92 Å². The highest BCUT2D eigenvalue weighted by molar-refractivity contribution is 6.00. The lowest BCUT2D eigenvalue weighted by molar-refractivity contribution is -0.142. The molecular formula is C33H48N4O6. The molecule has 0 aromatic heterocycles. The summed E-state index contributed by atoms with van der Waals surface area (Å²) in [6.07, 6.45) is 4.47. The van der Waals surface area contributed by atoms with Gasteiger partial charge >= 0.3 is 6.09 Å². The molecule has 0 spiro atoms. The number of methoxy groups -OCH3 is 1. The van der Waals surface area contributed by atoms with Crippen LogP contribution in [0.5, 0.6) is 5.75 Å². The molecule has 0 aliphatic carbocycles. The molecular weight excluding hydrogens is 548 g/mol. The SMILES string of the molecule is CCCCCCCCN(C(=O)C(CC(N)=O)NC(=O)OC(C)(C)C)C(C(=O)Nc1ccc(OC)cc1)c1ccccc1C. The van der Waals surface area contributed by atoms with Crippen LogP contribution >= 0.6 is 0 Å². The molecule has 0 aliphatic rings. The zero-order valence-corrected chi connectivity index (χ0v) is 26.4. The number of hydrogen-bond acceptors (Lipinski definition) is 6. The Hall–Kier alpha value is -4.08.